The van der Waals surface area contributed by atoms with Crippen LogP contribution in [0.1, 0.15) is 38.3 Å². The number of aryl methyl sites for hydroxylation is 1. The predicted molar refractivity (Wildman–Crippen MR) is 163 cm³/mol. The minimum Gasteiger partial charge on any atom is -0.497 e. The Morgan fingerprint density at radius 3 is 2.15 bits per heavy atom. The van der Waals surface area contributed by atoms with Crippen molar-refractivity contribution in [3.63, 3.8) is 0 Å². The fraction of sp³-hybridized carbons (Fsp3) is 0.333. The van der Waals surface area contributed by atoms with E-state index >= 15 is 0 Å². The molecule has 0 spiro atoms. The number of nitrogens with one attached hydrogen (secondary N) is 1. The van der Waals surface area contributed by atoms with Crippen LogP contribution < -0.4 is 14.4 Å². The fourth-order valence-corrected chi connectivity index (χ4v) is 5.73. The maximum atomic E-state index is 14.0. The van der Waals surface area contributed by atoms with E-state index in [1.807, 2.05) is 20.8 Å². The van der Waals surface area contributed by atoms with Crippen LogP contribution in [0.25, 0.3) is 0 Å². The van der Waals surface area contributed by atoms with E-state index in [0.717, 1.165) is 9.87 Å². The summed E-state index contributed by atoms with van der Waals surface area (Å²) < 4.78 is 34.0. The van der Waals surface area contributed by atoms with Gasteiger partial charge in [0.25, 0.3) is 10.0 Å². The van der Waals surface area contributed by atoms with E-state index in [-0.39, 0.29) is 23.4 Å². The third-order valence-electron chi connectivity index (χ3n) is 6.75. The summed E-state index contributed by atoms with van der Waals surface area (Å²) in [5.74, 6) is -0.427. The molecule has 2 atom stereocenters. The molecule has 2 unspecified atom stereocenters. The summed E-state index contributed by atoms with van der Waals surface area (Å²) in [6.07, 6.45) is 0.709. The van der Waals surface area contributed by atoms with Crippen LogP contribution >= 0.6 is 23.2 Å². The molecule has 0 saturated carbocycles. The summed E-state index contributed by atoms with van der Waals surface area (Å²) in [5, 5.41) is 3.56. The Bertz CT molecular complexity index is 1460. The van der Waals surface area contributed by atoms with E-state index in [9.17, 15) is 18.0 Å². The number of benzene rings is 3. The Morgan fingerprint density at radius 2 is 1.59 bits per heavy atom. The van der Waals surface area contributed by atoms with E-state index in [0.29, 0.717) is 33.5 Å². The number of anilines is 1. The van der Waals surface area contributed by atoms with Crippen LogP contribution in [-0.2, 0) is 26.2 Å². The van der Waals surface area contributed by atoms with E-state index < -0.39 is 28.5 Å². The molecule has 1 N–H and O–H groups in total. The topological polar surface area (TPSA) is 96.0 Å². The zero-order valence-electron chi connectivity index (χ0n) is 23.7. The van der Waals surface area contributed by atoms with Gasteiger partial charge in [0.2, 0.25) is 11.8 Å². The molecule has 3 aromatic rings. The second kappa shape index (κ2) is 14.1. The second-order valence-electron chi connectivity index (χ2n) is 9.79. The molecule has 0 aliphatic rings. The van der Waals surface area contributed by atoms with Crippen LogP contribution in [0.15, 0.2) is 71.6 Å². The van der Waals surface area contributed by atoms with Gasteiger partial charge in [-0.25, -0.2) is 8.42 Å². The van der Waals surface area contributed by atoms with Crippen molar-refractivity contribution in [2.75, 3.05) is 18.0 Å². The van der Waals surface area contributed by atoms with Crippen LogP contribution in [0.5, 0.6) is 5.75 Å². The molecule has 41 heavy (non-hydrogen) atoms. The molecule has 0 aromatic heterocycles. The number of carbonyl (C=O) groups is 2. The normalized spacial score (nSPS) is 12.8. The maximum absolute atomic E-state index is 14.0. The number of nitrogens with zero attached hydrogens (tertiary/aromatic N) is 2. The maximum Gasteiger partial charge on any atom is 0.264 e. The van der Waals surface area contributed by atoms with Gasteiger partial charge in [-0.15, -0.1) is 0 Å². The van der Waals surface area contributed by atoms with Crippen LogP contribution in [0.3, 0.4) is 0 Å². The lowest BCUT2D eigenvalue weighted by Crippen LogP contribution is -2.52. The van der Waals surface area contributed by atoms with Crippen LogP contribution in [0, 0.1) is 6.92 Å². The van der Waals surface area contributed by atoms with Crippen molar-refractivity contribution >= 4 is 50.7 Å². The fourth-order valence-electron chi connectivity index (χ4n) is 4.00. The monoisotopic (exact) mass is 619 g/mol. The number of methoxy groups -OCH3 is 1. The van der Waals surface area contributed by atoms with Crippen molar-refractivity contribution in [2.45, 2.75) is 57.6 Å². The molecule has 0 bridgehead atoms. The van der Waals surface area contributed by atoms with Gasteiger partial charge < -0.3 is 15.0 Å². The van der Waals surface area contributed by atoms with Gasteiger partial charge in [-0.1, -0.05) is 53.9 Å². The van der Waals surface area contributed by atoms with Crippen molar-refractivity contribution in [1.82, 2.24) is 10.2 Å². The third kappa shape index (κ3) is 8.15. The van der Waals surface area contributed by atoms with Gasteiger partial charge in [0, 0.05) is 12.6 Å². The highest BCUT2D eigenvalue weighted by atomic mass is 35.5. The smallest absolute Gasteiger partial charge is 0.264 e. The van der Waals surface area contributed by atoms with Crippen LogP contribution in [0.4, 0.5) is 5.69 Å². The Morgan fingerprint density at radius 1 is 0.951 bits per heavy atom. The van der Waals surface area contributed by atoms with Gasteiger partial charge in [-0.3, -0.25) is 13.9 Å². The van der Waals surface area contributed by atoms with Crippen molar-refractivity contribution in [1.29, 1.82) is 0 Å². The van der Waals surface area contributed by atoms with E-state index in [2.05, 4.69) is 5.32 Å². The largest absolute Gasteiger partial charge is 0.497 e. The summed E-state index contributed by atoms with van der Waals surface area (Å²) in [6.45, 7) is 6.78. The first-order valence-electron chi connectivity index (χ1n) is 13.1. The lowest BCUT2D eigenvalue weighted by molar-refractivity contribution is -0.139. The van der Waals surface area contributed by atoms with E-state index in [1.165, 1.54) is 24.1 Å². The van der Waals surface area contributed by atoms with Crippen molar-refractivity contribution in [2.24, 2.45) is 0 Å². The highest BCUT2D eigenvalue weighted by Gasteiger charge is 2.33. The molecule has 0 radical (unpaired) electrons. The molecule has 8 nitrogen and oxygen atoms in total. The Labute approximate surface area is 252 Å². The molecule has 220 valence electrons. The highest BCUT2D eigenvalue weighted by molar-refractivity contribution is 7.92. The van der Waals surface area contributed by atoms with Gasteiger partial charge >= 0.3 is 0 Å². The van der Waals surface area contributed by atoms with Crippen molar-refractivity contribution in [3.8, 4) is 5.75 Å². The number of rotatable bonds is 12. The molecule has 0 fully saturated rings. The zero-order chi connectivity index (χ0) is 30.3. The third-order valence-corrected chi connectivity index (χ3v) is 9.28. The minimum absolute atomic E-state index is 0.00901. The van der Waals surface area contributed by atoms with Gasteiger partial charge in [0.1, 0.15) is 18.3 Å². The summed E-state index contributed by atoms with van der Waals surface area (Å²) in [4.78, 5) is 28.5. The summed E-state index contributed by atoms with van der Waals surface area (Å²) in [6, 6.07) is 16.7. The van der Waals surface area contributed by atoms with Gasteiger partial charge in [-0.05, 0) is 81.3 Å². The first-order valence-corrected chi connectivity index (χ1v) is 15.3. The zero-order valence-corrected chi connectivity index (χ0v) is 26.1. The minimum atomic E-state index is -4.18. The number of ether oxygens (including phenoxy) is 1. The van der Waals surface area contributed by atoms with E-state index in [1.54, 1.807) is 61.5 Å². The molecule has 0 aliphatic carbocycles. The number of sulfonamides is 1. The summed E-state index contributed by atoms with van der Waals surface area (Å²) in [7, 11) is -2.70. The Kier molecular flexibility index (Phi) is 11.1. The lowest BCUT2D eigenvalue weighted by Gasteiger charge is -2.32. The molecule has 2 amide bonds. The molecule has 0 aliphatic heterocycles. The Hall–Kier alpha value is -3.27. The first-order chi connectivity index (χ1) is 19.4. The average Bonchev–Trinajstić information content (AvgIpc) is 2.96. The molecule has 0 saturated heterocycles. The van der Waals surface area contributed by atoms with Crippen molar-refractivity contribution in [3.05, 3.63) is 87.9 Å². The lowest BCUT2D eigenvalue weighted by atomic mass is 10.1. The molecule has 0 heterocycles. The molecular formula is C30H35Cl2N3O5S. The van der Waals surface area contributed by atoms with Gasteiger partial charge in [0.15, 0.2) is 0 Å². The van der Waals surface area contributed by atoms with Crippen LogP contribution in [-0.4, -0.2) is 50.9 Å². The number of carbonyl (C=O) groups excluding carboxylic acids is 2. The number of halogens is 2. The predicted octanol–water partition coefficient (Wildman–Crippen LogP) is 5.84. The molecule has 11 heteroatoms. The molecular weight excluding hydrogens is 585 g/mol. The van der Waals surface area contributed by atoms with Gasteiger partial charge in [-0.2, -0.15) is 0 Å². The van der Waals surface area contributed by atoms with E-state index in [4.69, 9.17) is 27.9 Å². The first kappa shape index (κ1) is 32.2. The summed E-state index contributed by atoms with van der Waals surface area (Å²) >= 11 is 12.3. The molecule has 3 aromatic carbocycles. The second-order valence-corrected chi connectivity index (χ2v) is 12.5. The quantitative estimate of drug-likeness (QED) is 0.275. The Balaban J connectivity index is 2.03. The van der Waals surface area contributed by atoms with Crippen LogP contribution in [0.2, 0.25) is 10.0 Å². The summed E-state index contributed by atoms with van der Waals surface area (Å²) in [5.41, 5.74) is 1.88. The highest BCUT2D eigenvalue weighted by Crippen LogP contribution is 2.27. The number of amides is 2. The average molecular weight is 621 g/mol. The van der Waals surface area contributed by atoms with Gasteiger partial charge in [0.05, 0.1) is 27.7 Å². The standard InChI is InChI=1S/C30H35Cl2N3O5S/c1-6-21(3)33-30(37)22(4)34(18-23-9-16-27(31)28(32)17-23)29(36)19-35(24-10-7-20(2)8-11-24)41(38,39)26-14-12-25(40-5)13-15-26/h7-17,21-22H,6,18-19H2,1-5H3,(H,33,37). The number of hydrogen-bond donors (Lipinski definition) is 1. The SMILES string of the molecule is CCC(C)NC(=O)C(C)N(Cc1ccc(Cl)c(Cl)c1)C(=O)CN(c1ccc(C)cc1)S(=O)(=O)c1ccc(OC)cc1. The molecule has 3 rings (SSSR count). The number of hydrogen-bond acceptors (Lipinski definition) is 5. The van der Waals surface area contributed by atoms with Crippen molar-refractivity contribution < 1.29 is 22.7 Å².